The summed E-state index contributed by atoms with van der Waals surface area (Å²) in [4.78, 5) is 0. The number of hydrogen-bond donors (Lipinski definition) is 1. The Morgan fingerprint density at radius 2 is 2.00 bits per heavy atom. The van der Waals surface area contributed by atoms with E-state index in [1.807, 2.05) is 17.8 Å². The SMILES string of the molecule is CNC1CCC(c2ccccc2)CC1SCc1ccco1. The van der Waals surface area contributed by atoms with Crippen LogP contribution in [0.5, 0.6) is 0 Å². The van der Waals surface area contributed by atoms with Gasteiger partial charge in [0.15, 0.2) is 0 Å². The van der Waals surface area contributed by atoms with Crippen molar-refractivity contribution in [2.45, 2.75) is 42.2 Å². The Hall–Kier alpha value is -1.19. The minimum Gasteiger partial charge on any atom is -0.468 e. The molecule has 1 aromatic carbocycles. The lowest BCUT2D eigenvalue weighted by atomic mass is 9.81. The van der Waals surface area contributed by atoms with Crippen molar-refractivity contribution in [1.29, 1.82) is 0 Å². The lowest BCUT2D eigenvalue weighted by molar-refractivity contribution is 0.369. The van der Waals surface area contributed by atoms with Crippen molar-refractivity contribution < 1.29 is 4.42 Å². The van der Waals surface area contributed by atoms with Crippen LogP contribution in [0, 0.1) is 0 Å². The van der Waals surface area contributed by atoms with Crippen LogP contribution in [0.2, 0.25) is 0 Å². The third kappa shape index (κ3) is 3.72. The number of benzene rings is 1. The van der Waals surface area contributed by atoms with Gasteiger partial charge in [-0.15, -0.1) is 11.8 Å². The summed E-state index contributed by atoms with van der Waals surface area (Å²) in [5, 5.41) is 4.16. The fourth-order valence-corrected chi connectivity index (χ4v) is 4.67. The molecule has 3 unspecified atom stereocenters. The van der Waals surface area contributed by atoms with Crippen LogP contribution < -0.4 is 5.32 Å². The maximum absolute atomic E-state index is 5.46. The number of rotatable bonds is 5. The van der Waals surface area contributed by atoms with Crippen LogP contribution in [0.15, 0.2) is 53.1 Å². The maximum atomic E-state index is 5.46. The quantitative estimate of drug-likeness (QED) is 0.884. The normalized spacial score (nSPS) is 25.9. The molecule has 3 heteroatoms. The highest BCUT2D eigenvalue weighted by molar-refractivity contribution is 7.99. The van der Waals surface area contributed by atoms with Gasteiger partial charge in [-0.25, -0.2) is 0 Å². The Morgan fingerprint density at radius 1 is 1.14 bits per heavy atom. The van der Waals surface area contributed by atoms with E-state index < -0.39 is 0 Å². The Morgan fingerprint density at radius 3 is 2.71 bits per heavy atom. The summed E-state index contributed by atoms with van der Waals surface area (Å²) in [6, 6.07) is 15.6. The highest BCUT2D eigenvalue weighted by Crippen LogP contribution is 2.39. The molecule has 0 saturated heterocycles. The number of hydrogen-bond acceptors (Lipinski definition) is 3. The van der Waals surface area contributed by atoms with Gasteiger partial charge in [0, 0.05) is 11.3 Å². The molecule has 112 valence electrons. The van der Waals surface area contributed by atoms with Crippen molar-refractivity contribution in [3.05, 3.63) is 60.1 Å². The Bertz CT molecular complexity index is 525. The molecule has 0 radical (unpaired) electrons. The average Bonchev–Trinajstić information content (AvgIpc) is 3.07. The van der Waals surface area contributed by atoms with Gasteiger partial charge in [0.1, 0.15) is 5.76 Å². The zero-order valence-electron chi connectivity index (χ0n) is 12.5. The summed E-state index contributed by atoms with van der Waals surface area (Å²) in [6.07, 6.45) is 5.55. The van der Waals surface area contributed by atoms with Crippen molar-refractivity contribution >= 4 is 11.8 Å². The van der Waals surface area contributed by atoms with Crippen LogP contribution in [0.4, 0.5) is 0 Å². The van der Waals surface area contributed by atoms with E-state index in [0.29, 0.717) is 17.2 Å². The van der Waals surface area contributed by atoms with Crippen molar-refractivity contribution in [3.63, 3.8) is 0 Å². The van der Waals surface area contributed by atoms with Crippen LogP contribution >= 0.6 is 11.8 Å². The molecule has 1 N–H and O–H groups in total. The molecular weight excluding hydrogens is 278 g/mol. The van der Waals surface area contributed by atoms with Crippen molar-refractivity contribution in [2.24, 2.45) is 0 Å². The van der Waals surface area contributed by atoms with Gasteiger partial charge in [-0.2, -0.15) is 0 Å². The summed E-state index contributed by atoms with van der Waals surface area (Å²) in [5.41, 5.74) is 1.50. The average molecular weight is 301 g/mol. The lowest BCUT2D eigenvalue weighted by Crippen LogP contribution is -2.40. The van der Waals surface area contributed by atoms with Gasteiger partial charge in [-0.1, -0.05) is 30.3 Å². The minimum atomic E-state index is 0.616. The molecule has 2 nitrogen and oxygen atoms in total. The third-order valence-electron chi connectivity index (χ3n) is 4.45. The zero-order valence-corrected chi connectivity index (χ0v) is 13.3. The van der Waals surface area contributed by atoms with Crippen LogP contribution in [0.25, 0.3) is 0 Å². The van der Waals surface area contributed by atoms with Gasteiger partial charge < -0.3 is 9.73 Å². The maximum Gasteiger partial charge on any atom is 0.113 e. The molecule has 0 amide bonds. The van der Waals surface area contributed by atoms with Crippen LogP contribution in [0.3, 0.4) is 0 Å². The van der Waals surface area contributed by atoms with Gasteiger partial charge >= 0.3 is 0 Å². The van der Waals surface area contributed by atoms with Gasteiger partial charge in [-0.05, 0) is 49.9 Å². The number of nitrogens with one attached hydrogen (secondary N) is 1. The molecule has 2 aromatic rings. The van der Waals surface area contributed by atoms with Crippen LogP contribution in [-0.4, -0.2) is 18.3 Å². The molecule has 1 saturated carbocycles. The second-order valence-corrected chi connectivity index (χ2v) is 6.97. The van der Waals surface area contributed by atoms with Crippen LogP contribution in [-0.2, 0) is 5.75 Å². The molecule has 1 aromatic heterocycles. The molecular formula is C18H23NOS. The second-order valence-electron chi connectivity index (χ2n) is 5.74. The summed E-state index contributed by atoms with van der Waals surface area (Å²) >= 11 is 2.03. The van der Waals surface area contributed by atoms with E-state index in [0.717, 1.165) is 11.5 Å². The van der Waals surface area contributed by atoms with Crippen molar-refractivity contribution in [2.75, 3.05) is 7.05 Å². The molecule has 0 bridgehead atoms. The van der Waals surface area contributed by atoms with Crippen LogP contribution in [0.1, 0.15) is 36.5 Å². The van der Waals surface area contributed by atoms with Gasteiger partial charge in [0.25, 0.3) is 0 Å². The van der Waals surface area contributed by atoms with E-state index in [4.69, 9.17) is 4.42 Å². The van der Waals surface area contributed by atoms with E-state index in [1.54, 1.807) is 6.26 Å². The molecule has 3 rings (SSSR count). The molecule has 1 aliphatic carbocycles. The third-order valence-corrected chi connectivity index (χ3v) is 5.85. The highest BCUT2D eigenvalue weighted by atomic mass is 32.2. The van der Waals surface area contributed by atoms with E-state index in [2.05, 4.69) is 48.8 Å². The number of furan rings is 1. The van der Waals surface area contributed by atoms with Crippen molar-refractivity contribution in [3.8, 4) is 0 Å². The molecule has 1 aliphatic rings. The van der Waals surface area contributed by atoms with E-state index in [9.17, 15) is 0 Å². The Balaban J connectivity index is 1.64. The lowest BCUT2D eigenvalue weighted by Gasteiger charge is -2.36. The predicted molar refractivity (Wildman–Crippen MR) is 89.7 cm³/mol. The predicted octanol–water partition coefficient (Wildman–Crippen LogP) is 4.44. The molecule has 0 aliphatic heterocycles. The summed E-state index contributed by atoms with van der Waals surface area (Å²) in [5.74, 6) is 2.75. The molecule has 21 heavy (non-hydrogen) atoms. The standard InChI is InChI=1S/C18H23NOS/c1-19-17-10-9-15(14-6-3-2-4-7-14)12-18(17)21-13-16-8-5-11-20-16/h2-8,11,15,17-19H,9-10,12-13H2,1H3. The number of thioether (sulfide) groups is 1. The van der Waals surface area contributed by atoms with E-state index >= 15 is 0 Å². The smallest absolute Gasteiger partial charge is 0.113 e. The topological polar surface area (TPSA) is 25.2 Å². The Kier molecular flexibility index (Phi) is 5.04. The zero-order chi connectivity index (χ0) is 14.5. The van der Waals surface area contributed by atoms with E-state index in [1.165, 1.54) is 24.8 Å². The minimum absolute atomic E-state index is 0.616. The first-order valence-electron chi connectivity index (χ1n) is 7.73. The second kappa shape index (κ2) is 7.19. The summed E-state index contributed by atoms with van der Waals surface area (Å²) in [6.45, 7) is 0. The fourth-order valence-electron chi connectivity index (χ4n) is 3.26. The molecule has 1 fully saturated rings. The summed E-state index contributed by atoms with van der Waals surface area (Å²) < 4.78 is 5.46. The monoisotopic (exact) mass is 301 g/mol. The van der Waals surface area contributed by atoms with E-state index in [-0.39, 0.29) is 0 Å². The summed E-state index contributed by atoms with van der Waals surface area (Å²) in [7, 11) is 2.09. The van der Waals surface area contributed by atoms with Crippen molar-refractivity contribution in [1.82, 2.24) is 5.32 Å². The Labute approximate surface area is 131 Å². The largest absolute Gasteiger partial charge is 0.468 e. The first-order valence-corrected chi connectivity index (χ1v) is 8.78. The first kappa shape index (κ1) is 14.7. The van der Waals surface area contributed by atoms with Gasteiger partial charge in [0.2, 0.25) is 0 Å². The van der Waals surface area contributed by atoms with Gasteiger partial charge in [0.05, 0.1) is 12.0 Å². The molecule has 1 heterocycles. The van der Waals surface area contributed by atoms with Gasteiger partial charge in [-0.3, -0.25) is 0 Å². The molecule has 3 atom stereocenters. The molecule has 0 spiro atoms. The highest BCUT2D eigenvalue weighted by Gasteiger charge is 2.30. The first-order chi connectivity index (χ1) is 10.4. The fraction of sp³-hybridized carbons (Fsp3) is 0.444.